The standard InChI is InChI=1S/C25H23F3N6O5S/c1-12-5-29-22(40-12)17-3-15(21(36)32-13(2)16-6-30-23(31-7-16)25(26,27)28)4-18-20(17)39-11-19(35)34(18)10-14-8-33(9-14)24(37)38/h3-7,13-14H,8-11H2,1-2H3,(H,32,36)(H,37,38)/t13-/m1/s1. The van der Waals surface area contributed by atoms with Crippen LogP contribution in [0.25, 0.3) is 10.6 Å². The molecule has 2 aromatic heterocycles. The Kier molecular flexibility index (Phi) is 7.08. The number of halogens is 3. The molecular formula is C25H23F3N6O5S. The summed E-state index contributed by atoms with van der Waals surface area (Å²) >= 11 is 1.38. The molecule has 0 aliphatic carbocycles. The summed E-state index contributed by atoms with van der Waals surface area (Å²) in [5.41, 5.74) is 1.30. The van der Waals surface area contributed by atoms with Crippen molar-refractivity contribution in [3.8, 4) is 16.3 Å². The SMILES string of the molecule is Cc1cnc(-c2cc(C(=O)N[C@H](C)c3cnc(C(F)(F)F)nc3)cc3c2OCC(=O)N3CC2CN(C(=O)O)C2)s1. The van der Waals surface area contributed by atoms with Gasteiger partial charge >= 0.3 is 12.3 Å². The monoisotopic (exact) mass is 576 g/mol. The van der Waals surface area contributed by atoms with Gasteiger partial charge in [0.25, 0.3) is 11.8 Å². The molecule has 0 bridgehead atoms. The fourth-order valence-corrected chi connectivity index (χ4v) is 5.23. The molecule has 1 saturated heterocycles. The summed E-state index contributed by atoms with van der Waals surface area (Å²) in [5, 5.41) is 12.5. The molecule has 3 aromatic rings. The normalized spacial score (nSPS) is 16.2. The minimum Gasteiger partial charge on any atom is -0.481 e. The van der Waals surface area contributed by atoms with E-state index in [-0.39, 0.29) is 49.2 Å². The van der Waals surface area contributed by atoms with Gasteiger partial charge < -0.3 is 25.0 Å². The average Bonchev–Trinajstić information content (AvgIpc) is 3.31. The van der Waals surface area contributed by atoms with E-state index < -0.39 is 30.0 Å². The number of hydrogen-bond donors (Lipinski definition) is 2. The molecular weight excluding hydrogens is 553 g/mol. The van der Waals surface area contributed by atoms with Crippen molar-refractivity contribution in [3.63, 3.8) is 0 Å². The number of aryl methyl sites for hydroxylation is 1. The summed E-state index contributed by atoms with van der Waals surface area (Å²) in [7, 11) is 0. The van der Waals surface area contributed by atoms with Crippen LogP contribution in [0.3, 0.4) is 0 Å². The summed E-state index contributed by atoms with van der Waals surface area (Å²) in [5.74, 6) is -1.88. The van der Waals surface area contributed by atoms with Gasteiger partial charge in [-0.1, -0.05) is 0 Å². The maximum absolute atomic E-state index is 13.4. The lowest BCUT2D eigenvalue weighted by Crippen LogP contribution is -2.55. The smallest absolute Gasteiger partial charge is 0.451 e. The number of carbonyl (C=O) groups excluding carboxylic acids is 2. The zero-order valence-corrected chi connectivity index (χ0v) is 22.0. The molecule has 1 aromatic carbocycles. The Hall–Kier alpha value is -4.27. The fourth-order valence-electron chi connectivity index (χ4n) is 4.45. The van der Waals surface area contributed by atoms with Gasteiger partial charge in [-0.05, 0) is 26.0 Å². The van der Waals surface area contributed by atoms with Crippen LogP contribution in [0.15, 0.2) is 30.7 Å². The first-order chi connectivity index (χ1) is 18.9. The number of hydrogen-bond acceptors (Lipinski definition) is 8. The number of ether oxygens (including phenoxy) is 1. The van der Waals surface area contributed by atoms with E-state index >= 15 is 0 Å². The minimum absolute atomic E-state index is 0.0891. The summed E-state index contributed by atoms with van der Waals surface area (Å²) in [6.45, 7) is 4.02. The molecule has 40 heavy (non-hydrogen) atoms. The summed E-state index contributed by atoms with van der Waals surface area (Å²) in [6.07, 6.45) is -2.03. The Morgan fingerprint density at radius 1 is 1.20 bits per heavy atom. The van der Waals surface area contributed by atoms with Gasteiger partial charge in [0.1, 0.15) is 5.01 Å². The van der Waals surface area contributed by atoms with E-state index in [1.54, 1.807) is 19.2 Å². The highest BCUT2D eigenvalue weighted by atomic mass is 32.1. The van der Waals surface area contributed by atoms with Crippen molar-refractivity contribution in [2.75, 3.05) is 31.1 Å². The topological polar surface area (TPSA) is 138 Å². The van der Waals surface area contributed by atoms with E-state index in [9.17, 15) is 27.6 Å². The third kappa shape index (κ3) is 5.41. The van der Waals surface area contributed by atoms with Crippen LogP contribution in [0.2, 0.25) is 0 Å². The number of thiazole rings is 1. The van der Waals surface area contributed by atoms with E-state index in [0.29, 0.717) is 22.0 Å². The highest BCUT2D eigenvalue weighted by Gasteiger charge is 2.37. The second kappa shape index (κ2) is 10.4. The lowest BCUT2D eigenvalue weighted by molar-refractivity contribution is -0.145. The lowest BCUT2D eigenvalue weighted by Gasteiger charge is -2.41. The predicted octanol–water partition coefficient (Wildman–Crippen LogP) is 3.75. The lowest BCUT2D eigenvalue weighted by atomic mass is 9.98. The molecule has 2 aliphatic heterocycles. The summed E-state index contributed by atoms with van der Waals surface area (Å²) < 4.78 is 44.3. The summed E-state index contributed by atoms with van der Waals surface area (Å²) in [6, 6.07) is 2.36. The van der Waals surface area contributed by atoms with Crippen LogP contribution in [0.4, 0.5) is 23.7 Å². The second-order valence-corrected chi connectivity index (χ2v) is 10.8. The fraction of sp³-hybridized carbons (Fsp3) is 0.360. The van der Waals surface area contributed by atoms with Gasteiger partial charge in [0.15, 0.2) is 12.4 Å². The van der Waals surface area contributed by atoms with Crippen molar-refractivity contribution in [2.45, 2.75) is 26.1 Å². The van der Waals surface area contributed by atoms with Crippen LogP contribution in [0.1, 0.15) is 39.6 Å². The van der Waals surface area contributed by atoms with Crippen molar-refractivity contribution in [1.29, 1.82) is 0 Å². The van der Waals surface area contributed by atoms with Crippen molar-refractivity contribution in [1.82, 2.24) is 25.2 Å². The molecule has 11 nitrogen and oxygen atoms in total. The van der Waals surface area contributed by atoms with Crippen LogP contribution < -0.4 is 15.0 Å². The largest absolute Gasteiger partial charge is 0.481 e. The van der Waals surface area contributed by atoms with Gasteiger partial charge in [-0.25, -0.2) is 19.7 Å². The van der Waals surface area contributed by atoms with Gasteiger partial charge in [0.05, 0.1) is 17.3 Å². The molecule has 210 valence electrons. The quantitative estimate of drug-likeness (QED) is 0.453. The first-order valence-electron chi connectivity index (χ1n) is 12.1. The third-order valence-electron chi connectivity index (χ3n) is 6.56. The highest BCUT2D eigenvalue weighted by molar-refractivity contribution is 7.15. The van der Waals surface area contributed by atoms with Crippen LogP contribution >= 0.6 is 11.3 Å². The maximum atomic E-state index is 13.4. The van der Waals surface area contributed by atoms with Gasteiger partial charge in [-0.3, -0.25) is 9.59 Å². The average molecular weight is 577 g/mol. The van der Waals surface area contributed by atoms with Gasteiger partial charge in [0.2, 0.25) is 5.82 Å². The number of nitrogens with zero attached hydrogens (tertiary/aromatic N) is 5. The van der Waals surface area contributed by atoms with E-state index in [1.807, 2.05) is 6.92 Å². The molecule has 15 heteroatoms. The zero-order valence-electron chi connectivity index (χ0n) is 21.2. The molecule has 1 fully saturated rings. The molecule has 0 spiro atoms. The first-order valence-corrected chi connectivity index (χ1v) is 12.9. The number of alkyl halides is 3. The van der Waals surface area contributed by atoms with Crippen molar-refractivity contribution >= 4 is 34.9 Å². The Labute approximate surface area is 229 Å². The number of fused-ring (bicyclic) bond motifs is 1. The van der Waals surface area contributed by atoms with Crippen molar-refractivity contribution in [2.24, 2.45) is 5.92 Å². The molecule has 1 atom stereocenters. The molecule has 0 saturated carbocycles. The molecule has 5 rings (SSSR count). The van der Waals surface area contributed by atoms with Gasteiger partial charge in [0, 0.05) is 60.1 Å². The number of rotatable bonds is 6. The second-order valence-electron chi connectivity index (χ2n) is 9.53. The summed E-state index contributed by atoms with van der Waals surface area (Å²) in [4.78, 5) is 52.2. The van der Waals surface area contributed by atoms with Crippen molar-refractivity contribution < 1.29 is 37.4 Å². The van der Waals surface area contributed by atoms with E-state index in [2.05, 4.69) is 20.3 Å². The number of amides is 3. The Morgan fingerprint density at radius 2 is 1.90 bits per heavy atom. The third-order valence-corrected chi connectivity index (χ3v) is 7.50. The Bertz CT molecular complexity index is 1470. The number of likely N-dealkylation sites (tertiary alicyclic amines) is 1. The van der Waals surface area contributed by atoms with Crippen LogP contribution in [0.5, 0.6) is 5.75 Å². The van der Waals surface area contributed by atoms with Crippen LogP contribution in [-0.2, 0) is 11.0 Å². The van der Waals surface area contributed by atoms with Crippen LogP contribution in [0, 0.1) is 12.8 Å². The van der Waals surface area contributed by atoms with Gasteiger partial charge in [-0.15, -0.1) is 11.3 Å². The van der Waals surface area contributed by atoms with Crippen molar-refractivity contribution in [3.05, 3.63) is 52.6 Å². The van der Waals surface area contributed by atoms with E-state index in [0.717, 1.165) is 17.3 Å². The zero-order chi connectivity index (χ0) is 28.8. The maximum Gasteiger partial charge on any atom is 0.451 e. The minimum atomic E-state index is -4.69. The number of anilines is 1. The number of carboxylic acid groups (broad SMARTS) is 1. The molecule has 2 N–H and O–H groups in total. The predicted molar refractivity (Wildman–Crippen MR) is 136 cm³/mol. The molecule has 4 heterocycles. The molecule has 0 radical (unpaired) electrons. The number of carbonyl (C=O) groups is 3. The molecule has 3 amide bonds. The first kappa shape index (κ1) is 27.3. The number of nitrogens with one attached hydrogen (secondary N) is 1. The molecule has 0 unspecified atom stereocenters. The van der Waals surface area contributed by atoms with E-state index in [1.165, 1.54) is 27.2 Å². The Morgan fingerprint density at radius 3 is 2.50 bits per heavy atom. The van der Waals surface area contributed by atoms with E-state index in [4.69, 9.17) is 9.84 Å². The molecule has 2 aliphatic rings. The van der Waals surface area contributed by atoms with Gasteiger partial charge in [-0.2, -0.15) is 13.2 Å². The Balaban J connectivity index is 1.45. The van der Waals surface area contributed by atoms with Crippen LogP contribution in [-0.4, -0.2) is 69.1 Å². The number of aromatic nitrogens is 3. The number of benzene rings is 1. The highest BCUT2D eigenvalue weighted by Crippen LogP contribution is 2.44.